The van der Waals surface area contributed by atoms with Gasteiger partial charge in [-0.05, 0) is 56.2 Å². The lowest BCUT2D eigenvalue weighted by Gasteiger charge is -2.28. The monoisotopic (exact) mass is 644 g/mol. The zero-order valence-corrected chi connectivity index (χ0v) is 20.6. The van der Waals surface area contributed by atoms with Gasteiger partial charge in [-0.15, -0.1) is 0 Å². The molecule has 6 nitrogen and oxygen atoms in total. The minimum absolute atomic E-state index is 0.0940. The molecule has 0 fully saturated rings. The summed E-state index contributed by atoms with van der Waals surface area (Å²) in [6.45, 7) is -0.188. The van der Waals surface area contributed by atoms with E-state index in [1.54, 1.807) is 24.3 Å². The maximum atomic E-state index is 11.8. The summed E-state index contributed by atoms with van der Waals surface area (Å²) in [7, 11) is 0. The molecule has 2 aliphatic carbocycles. The molecule has 152 valence electrons. The van der Waals surface area contributed by atoms with Gasteiger partial charge in [0.05, 0.1) is 11.8 Å². The summed E-state index contributed by atoms with van der Waals surface area (Å²) in [5.41, 5.74) is 0. The van der Waals surface area contributed by atoms with Crippen LogP contribution < -0.4 is 0 Å². The topological polar surface area (TPSA) is 93.1 Å². The number of hydrogen-bond acceptors (Lipinski definition) is 6. The highest BCUT2D eigenvalue weighted by Gasteiger charge is 2.34. The van der Waals surface area contributed by atoms with Crippen LogP contribution in [0.5, 0.6) is 0 Å². The van der Waals surface area contributed by atoms with E-state index in [0.29, 0.717) is 0 Å². The third-order valence-corrected chi connectivity index (χ3v) is 6.64. The van der Waals surface area contributed by atoms with Crippen LogP contribution in [-0.2, 0) is 19.1 Å². The summed E-state index contributed by atoms with van der Waals surface area (Å²) < 4.78 is 8.98. The fraction of sp³-hybridized carbons (Fsp3) is 0.333. The van der Waals surface area contributed by atoms with Crippen molar-refractivity contribution in [3.05, 3.63) is 57.6 Å². The van der Waals surface area contributed by atoms with Crippen molar-refractivity contribution in [1.29, 1.82) is 0 Å². The van der Waals surface area contributed by atoms with Gasteiger partial charge in [0.2, 0.25) is 0 Å². The second-order valence-corrected chi connectivity index (χ2v) is 10.4. The van der Waals surface area contributed by atoms with Gasteiger partial charge in [-0.1, -0.05) is 44.0 Å². The highest BCUT2D eigenvalue weighted by atomic mass is 79.9. The van der Waals surface area contributed by atoms with Crippen molar-refractivity contribution in [2.75, 3.05) is 13.2 Å². The van der Waals surface area contributed by atoms with E-state index in [-0.39, 0.29) is 13.2 Å². The zero-order valence-electron chi connectivity index (χ0n) is 14.2. The van der Waals surface area contributed by atoms with Crippen molar-refractivity contribution in [2.24, 2.45) is 11.8 Å². The van der Waals surface area contributed by atoms with Crippen LogP contribution in [0.15, 0.2) is 57.6 Å². The van der Waals surface area contributed by atoms with Crippen LogP contribution in [-0.4, -0.2) is 44.4 Å². The van der Waals surface area contributed by atoms with Crippen molar-refractivity contribution in [3.8, 4) is 0 Å². The highest BCUT2D eigenvalue weighted by molar-refractivity contribution is 9.12. The average Bonchev–Trinajstić information content (AvgIpc) is 2.61. The van der Waals surface area contributed by atoms with E-state index in [2.05, 4.69) is 63.7 Å². The Morgan fingerprint density at radius 2 is 1.25 bits per heavy atom. The second-order valence-electron chi connectivity index (χ2n) is 6.03. The molecule has 2 N–H and O–H groups in total. The third kappa shape index (κ3) is 7.07. The molecule has 4 atom stereocenters. The van der Waals surface area contributed by atoms with Crippen molar-refractivity contribution < 1.29 is 29.3 Å². The van der Waals surface area contributed by atoms with Gasteiger partial charge in [-0.2, -0.15) is 0 Å². The van der Waals surface area contributed by atoms with E-state index in [4.69, 9.17) is 9.47 Å². The first-order valence-electron chi connectivity index (χ1n) is 7.97. The van der Waals surface area contributed by atoms with Crippen LogP contribution in [0, 0.1) is 11.8 Å². The maximum Gasteiger partial charge on any atom is 0.331 e. The minimum Gasteiger partial charge on any atom is -0.462 e. The second kappa shape index (κ2) is 9.99. The van der Waals surface area contributed by atoms with Gasteiger partial charge >= 0.3 is 11.9 Å². The number of halogens is 4. The lowest BCUT2D eigenvalue weighted by Crippen LogP contribution is -2.33. The van der Waals surface area contributed by atoms with E-state index in [1.165, 1.54) is 12.2 Å². The molecule has 0 aromatic heterocycles. The number of carbonyl (C=O) groups is 2. The van der Waals surface area contributed by atoms with Gasteiger partial charge in [-0.3, -0.25) is 0 Å². The number of rotatable bonds is 6. The quantitative estimate of drug-likeness (QED) is 0.260. The van der Waals surface area contributed by atoms with Gasteiger partial charge in [0.15, 0.2) is 0 Å². The number of hydrogen-bond donors (Lipinski definition) is 2. The fourth-order valence-corrected chi connectivity index (χ4v) is 3.97. The molecule has 0 spiro atoms. The summed E-state index contributed by atoms with van der Waals surface area (Å²) >= 11 is 12.9. The number of esters is 2. The summed E-state index contributed by atoms with van der Waals surface area (Å²) in [5.74, 6) is -2.51. The number of carbonyl (C=O) groups excluding carboxylic acids is 2. The first-order chi connectivity index (χ1) is 13.0. The van der Waals surface area contributed by atoms with Gasteiger partial charge in [-0.25, -0.2) is 9.59 Å². The van der Waals surface area contributed by atoms with Crippen LogP contribution in [0.1, 0.15) is 0 Å². The Hall–Kier alpha value is -0.520. The molecular weight excluding hydrogens is 632 g/mol. The summed E-state index contributed by atoms with van der Waals surface area (Å²) in [6, 6.07) is 0. The molecule has 10 heteroatoms. The normalized spacial score (nSPS) is 32.1. The highest BCUT2D eigenvalue weighted by Crippen LogP contribution is 2.35. The minimum atomic E-state index is -1.32. The largest absolute Gasteiger partial charge is 0.462 e. The molecule has 0 saturated heterocycles. The summed E-state index contributed by atoms with van der Waals surface area (Å²) in [6.07, 6.45) is 11.7. The number of allylic oxidation sites excluding steroid dienone is 4. The Morgan fingerprint density at radius 1 is 0.893 bits per heavy atom. The van der Waals surface area contributed by atoms with E-state index in [1.807, 2.05) is 0 Å². The van der Waals surface area contributed by atoms with Gasteiger partial charge < -0.3 is 19.7 Å². The standard InChI is InChI=1S/C18H16Br4O6/c19-13-3-5-17(21,25)11(7-13)9-27-15(23)1-2-16(24)28-10-12-8-14(20)4-6-18(12,22)26/h1-8,11-12,25-26H,9-10H2. The Balaban J connectivity index is 1.80. The van der Waals surface area contributed by atoms with Crippen molar-refractivity contribution in [3.63, 3.8) is 0 Å². The van der Waals surface area contributed by atoms with E-state index in [0.717, 1.165) is 21.1 Å². The molecule has 0 bridgehead atoms. The summed E-state index contributed by atoms with van der Waals surface area (Å²) in [4.78, 5) is 23.6. The molecular formula is C18H16Br4O6. The first kappa shape index (κ1) is 23.8. The number of ether oxygens (including phenoxy) is 2. The van der Waals surface area contributed by atoms with Crippen LogP contribution >= 0.6 is 63.7 Å². The number of alkyl halides is 2. The lowest BCUT2D eigenvalue weighted by atomic mass is 9.98. The molecule has 0 aliphatic heterocycles. The van der Waals surface area contributed by atoms with Crippen LogP contribution in [0.2, 0.25) is 0 Å². The van der Waals surface area contributed by atoms with Crippen LogP contribution in [0.3, 0.4) is 0 Å². The molecule has 4 unspecified atom stereocenters. The molecule has 0 aromatic carbocycles. The van der Waals surface area contributed by atoms with Crippen LogP contribution in [0.4, 0.5) is 0 Å². The van der Waals surface area contributed by atoms with Crippen molar-refractivity contribution >= 4 is 75.7 Å². The molecule has 0 radical (unpaired) electrons. The summed E-state index contributed by atoms with van der Waals surface area (Å²) in [5, 5.41) is 20.4. The SMILES string of the molecule is O=C(C=CC(=O)OCC1C=C(Br)C=CC1(O)Br)OCC1C=C(Br)C=CC1(O)Br. The van der Waals surface area contributed by atoms with Crippen molar-refractivity contribution in [2.45, 2.75) is 9.02 Å². The molecule has 0 aromatic rings. The van der Waals surface area contributed by atoms with Crippen LogP contribution in [0.25, 0.3) is 0 Å². The Bertz CT molecular complexity index is 715. The molecule has 0 heterocycles. The Labute approximate surface area is 195 Å². The maximum absolute atomic E-state index is 11.8. The molecule has 0 amide bonds. The zero-order chi connectivity index (χ0) is 20.9. The predicted octanol–water partition coefficient (Wildman–Crippen LogP) is 3.73. The smallest absolute Gasteiger partial charge is 0.331 e. The van der Waals surface area contributed by atoms with Gasteiger partial charge in [0, 0.05) is 21.1 Å². The van der Waals surface area contributed by atoms with Gasteiger partial charge in [0.25, 0.3) is 0 Å². The average molecular weight is 648 g/mol. The fourth-order valence-electron chi connectivity index (χ4n) is 2.28. The third-order valence-electron chi connectivity index (χ3n) is 3.88. The van der Waals surface area contributed by atoms with Crippen molar-refractivity contribution in [1.82, 2.24) is 0 Å². The molecule has 28 heavy (non-hydrogen) atoms. The van der Waals surface area contributed by atoms with Gasteiger partial charge in [0.1, 0.15) is 22.2 Å². The molecule has 2 aliphatic rings. The Morgan fingerprint density at radius 3 is 1.61 bits per heavy atom. The van der Waals surface area contributed by atoms with E-state index >= 15 is 0 Å². The first-order valence-corrected chi connectivity index (χ1v) is 11.1. The Kier molecular flexibility index (Phi) is 8.48. The molecule has 2 rings (SSSR count). The molecule has 0 saturated carbocycles. The predicted molar refractivity (Wildman–Crippen MR) is 118 cm³/mol. The number of aliphatic hydroxyl groups is 2. The lowest BCUT2D eigenvalue weighted by molar-refractivity contribution is -0.142. The van der Waals surface area contributed by atoms with E-state index in [9.17, 15) is 19.8 Å². The van der Waals surface area contributed by atoms with E-state index < -0.39 is 32.8 Å².